The van der Waals surface area contributed by atoms with Crippen LogP contribution in [0.25, 0.3) is 11.4 Å². The number of anilines is 2. The number of hydrogen-bond acceptors (Lipinski definition) is 6. The fourth-order valence-corrected chi connectivity index (χ4v) is 4.11. The van der Waals surface area contributed by atoms with Gasteiger partial charge in [0.05, 0.1) is 18.7 Å². The van der Waals surface area contributed by atoms with Gasteiger partial charge in [-0.1, -0.05) is 11.2 Å². The van der Waals surface area contributed by atoms with E-state index in [0.717, 1.165) is 46.4 Å². The van der Waals surface area contributed by atoms with Gasteiger partial charge in [0.1, 0.15) is 5.75 Å². The Hall–Kier alpha value is -2.87. The van der Waals surface area contributed by atoms with Gasteiger partial charge in [-0.15, -0.1) is 0 Å². The molecule has 2 heterocycles. The van der Waals surface area contributed by atoms with E-state index in [0.29, 0.717) is 18.4 Å². The van der Waals surface area contributed by atoms with Crippen LogP contribution < -0.4 is 15.0 Å². The molecule has 0 radical (unpaired) electrons. The minimum Gasteiger partial charge on any atom is -0.497 e. The summed E-state index contributed by atoms with van der Waals surface area (Å²) >= 11 is 3.52. The molecule has 1 N–H and O–H groups in total. The zero-order chi connectivity index (χ0) is 21.1. The van der Waals surface area contributed by atoms with Crippen LogP contribution in [0.1, 0.15) is 18.4 Å². The minimum atomic E-state index is -0.150. The van der Waals surface area contributed by atoms with Gasteiger partial charge in [0.2, 0.25) is 11.7 Å². The van der Waals surface area contributed by atoms with Crippen molar-refractivity contribution >= 4 is 33.5 Å². The lowest BCUT2D eigenvalue weighted by molar-refractivity contribution is -0.120. The third kappa shape index (κ3) is 4.48. The van der Waals surface area contributed by atoms with Crippen molar-refractivity contribution in [1.82, 2.24) is 10.1 Å². The molecular formula is C22H23BrN4O3. The molecule has 1 aromatic heterocycles. The summed E-state index contributed by atoms with van der Waals surface area (Å²) in [6, 6.07) is 13.8. The largest absolute Gasteiger partial charge is 0.497 e. The first-order valence-corrected chi connectivity index (χ1v) is 10.6. The van der Waals surface area contributed by atoms with Crippen LogP contribution in [0, 0.1) is 12.8 Å². The third-order valence-electron chi connectivity index (χ3n) is 5.21. The fraction of sp³-hybridized carbons (Fsp3) is 0.318. The highest BCUT2D eigenvalue weighted by Gasteiger charge is 2.29. The maximum Gasteiger partial charge on any atom is 0.324 e. The van der Waals surface area contributed by atoms with Gasteiger partial charge in [0.25, 0.3) is 0 Å². The molecule has 3 aromatic rings. The molecule has 0 spiro atoms. The zero-order valence-electron chi connectivity index (χ0n) is 16.9. The number of benzene rings is 2. The van der Waals surface area contributed by atoms with Gasteiger partial charge in [-0.2, -0.15) is 4.98 Å². The highest BCUT2D eigenvalue weighted by molar-refractivity contribution is 9.10. The molecular weight excluding hydrogens is 448 g/mol. The summed E-state index contributed by atoms with van der Waals surface area (Å²) in [5.41, 5.74) is 2.76. The van der Waals surface area contributed by atoms with Crippen molar-refractivity contribution in [2.45, 2.75) is 19.8 Å². The summed E-state index contributed by atoms with van der Waals surface area (Å²) in [5, 5.41) is 7.13. The summed E-state index contributed by atoms with van der Waals surface area (Å²) in [4.78, 5) is 19.3. The molecule has 0 saturated carbocycles. The summed E-state index contributed by atoms with van der Waals surface area (Å²) in [6.45, 7) is 3.34. The molecule has 1 fully saturated rings. The van der Waals surface area contributed by atoms with E-state index in [1.165, 1.54) is 0 Å². The smallest absolute Gasteiger partial charge is 0.324 e. The van der Waals surface area contributed by atoms with Crippen LogP contribution in [-0.4, -0.2) is 36.2 Å². The van der Waals surface area contributed by atoms with E-state index in [2.05, 4.69) is 31.4 Å². The van der Waals surface area contributed by atoms with Crippen LogP contribution in [0.15, 0.2) is 51.5 Å². The molecule has 0 bridgehead atoms. The van der Waals surface area contributed by atoms with Crippen molar-refractivity contribution in [3.05, 3.63) is 52.5 Å². The Bertz CT molecular complexity index is 1040. The van der Waals surface area contributed by atoms with E-state index in [-0.39, 0.29) is 11.8 Å². The molecule has 1 unspecified atom stereocenters. The first kappa shape index (κ1) is 20.4. The summed E-state index contributed by atoms with van der Waals surface area (Å²) in [5.74, 6) is 1.14. The van der Waals surface area contributed by atoms with E-state index in [1.54, 1.807) is 7.11 Å². The van der Waals surface area contributed by atoms with E-state index in [1.807, 2.05) is 54.3 Å². The Morgan fingerprint density at radius 3 is 2.80 bits per heavy atom. The molecule has 4 rings (SSSR count). The predicted molar refractivity (Wildman–Crippen MR) is 119 cm³/mol. The number of rotatable bonds is 5. The van der Waals surface area contributed by atoms with E-state index in [9.17, 15) is 4.79 Å². The maximum absolute atomic E-state index is 12.8. The van der Waals surface area contributed by atoms with Crippen LogP contribution in [-0.2, 0) is 4.79 Å². The molecule has 8 heteroatoms. The number of methoxy groups -OCH3 is 1. The monoisotopic (exact) mass is 470 g/mol. The molecule has 1 aliphatic rings. The van der Waals surface area contributed by atoms with Crippen molar-refractivity contribution in [2.24, 2.45) is 5.92 Å². The van der Waals surface area contributed by atoms with Gasteiger partial charge in [0.15, 0.2) is 0 Å². The van der Waals surface area contributed by atoms with Crippen molar-refractivity contribution < 1.29 is 14.1 Å². The number of aryl methyl sites for hydroxylation is 1. The number of nitrogens with zero attached hydrogens (tertiary/aromatic N) is 3. The standard InChI is InChI=1S/C22H23BrN4O3/c1-14-5-10-19(18(23)12-14)24-21(28)16-4-3-11-27(13-16)22-25-20(26-30-22)15-6-8-17(29-2)9-7-15/h5-10,12,16H,3-4,11,13H2,1-2H3,(H,24,28). The van der Waals surface area contributed by atoms with Gasteiger partial charge in [-0.25, -0.2) is 0 Å². The van der Waals surface area contributed by atoms with E-state index < -0.39 is 0 Å². The average Bonchev–Trinajstić information content (AvgIpc) is 3.26. The molecule has 1 aliphatic heterocycles. The highest BCUT2D eigenvalue weighted by atomic mass is 79.9. The number of ether oxygens (including phenoxy) is 1. The lowest BCUT2D eigenvalue weighted by Gasteiger charge is -2.30. The summed E-state index contributed by atoms with van der Waals surface area (Å²) < 4.78 is 11.5. The minimum absolute atomic E-state index is 0.000791. The summed E-state index contributed by atoms with van der Waals surface area (Å²) in [6.07, 6.45) is 1.71. The molecule has 1 saturated heterocycles. The number of nitrogens with one attached hydrogen (secondary N) is 1. The maximum atomic E-state index is 12.8. The summed E-state index contributed by atoms with van der Waals surface area (Å²) in [7, 11) is 1.63. The van der Waals surface area contributed by atoms with Crippen LogP contribution in [0.5, 0.6) is 5.75 Å². The molecule has 0 aliphatic carbocycles. The van der Waals surface area contributed by atoms with Gasteiger partial charge in [0, 0.05) is 23.1 Å². The van der Waals surface area contributed by atoms with Gasteiger partial charge in [-0.05, 0) is 77.7 Å². The van der Waals surface area contributed by atoms with Gasteiger partial charge >= 0.3 is 6.01 Å². The Labute approximate surface area is 183 Å². The normalized spacial score (nSPS) is 16.4. The van der Waals surface area contributed by atoms with Crippen LogP contribution in [0.4, 0.5) is 11.7 Å². The Morgan fingerprint density at radius 2 is 2.07 bits per heavy atom. The van der Waals surface area contributed by atoms with E-state index in [4.69, 9.17) is 9.26 Å². The van der Waals surface area contributed by atoms with Crippen LogP contribution in [0.3, 0.4) is 0 Å². The topological polar surface area (TPSA) is 80.5 Å². The molecule has 156 valence electrons. The second-order valence-electron chi connectivity index (χ2n) is 7.39. The third-order valence-corrected chi connectivity index (χ3v) is 5.86. The highest BCUT2D eigenvalue weighted by Crippen LogP contribution is 2.28. The Kier molecular flexibility index (Phi) is 6.03. The second-order valence-corrected chi connectivity index (χ2v) is 8.24. The Balaban J connectivity index is 1.43. The van der Waals surface area contributed by atoms with E-state index >= 15 is 0 Å². The molecule has 30 heavy (non-hydrogen) atoms. The van der Waals surface area contributed by atoms with Crippen LogP contribution >= 0.6 is 15.9 Å². The lowest BCUT2D eigenvalue weighted by Crippen LogP contribution is -2.41. The van der Waals surface area contributed by atoms with Gasteiger partial charge < -0.3 is 19.5 Å². The van der Waals surface area contributed by atoms with Crippen molar-refractivity contribution in [3.63, 3.8) is 0 Å². The second kappa shape index (κ2) is 8.87. The van der Waals surface area contributed by atoms with Gasteiger partial charge in [-0.3, -0.25) is 4.79 Å². The number of aromatic nitrogens is 2. The number of amides is 1. The SMILES string of the molecule is COc1ccc(-c2noc(N3CCCC(C(=O)Nc4ccc(C)cc4Br)C3)n2)cc1. The van der Waals surface area contributed by atoms with Crippen molar-refractivity contribution in [1.29, 1.82) is 0 Å². The van der Waals surface area contributed by atoms with Crippen LogP contribution in [0.2, 0.25) is 0 Å². The first-order valence-electron chi connectivity index (χ1n) is 9.83. The quantitative estimate of drug-likeness (QED) is 0.583. The molecule has 2 aromatic carbocycles. The number of carbonyl (C=O) groups excluding carboxylic acids is 1. The number of halogens is 1. The predicted octanol–water partition coefficient (Wildman–Crippen LogP) is 4.67. The molecule has 1 amide bonds. The lowest BCUT2D eigenvalue weighted by atomic mass is 9.97. The Morgan fingerprint density at radius 1 is 1.27 bits per heavy atom. The number of piperidine rings is 1. The molecule has 7 nitrogen and oxygen atoms in total. The molecule has 1 atom stereocenters. The number of carbonyl (C=O) groups is 1. The zero-order valence-corrected chi connectivity index (χ0v) is 18.5. The van der Waals surface area contributed by atoms with Crippen molar-refractivity contribution in [2.75, 3.05) is 30.4 Å². The van der Waals surface area contributed by atoms with Crippen molar-refractivity contribution in [3.8, 4) is 17.1 Å². The first-order chi connectivity index (χ1) is 14.5. The fourth-order valence-electron chi connectivity index (χ4n) is 3.52. The number of hydrogen-bond donors (Lipinski definition) is 1. The average molecular weight is 471 g/mol.